The average molecular weight is 463 g/mol. The topological polar surface area (TPSA) is 89.8 Å². The highest BCUT2D eigenvalue weighted by Gasteiger charge is 2.09. The fourth-order valence-corrected chi connectivity index (χ4v) is 2.94. The van der Waals surface area contributed by atoms with Gasteiger partial charge in [-0.25, -0.2) is 0 Å². The molecule has 0 saturated heterocycles. The molecule has 0 atom stereocenters. The zero-order valence-corrected chi connectivity index (χ0v) is 16.0. The summed E-state index contributed by atoms with van der Waals surface area (Å²) < 4.78 is 12.4. The van der Waals surface area contributed by atoms with Gasteiger partial charge in [0.15, 0.2) is 0 Å². The fraction of sp³-hybridized carbons (Fsp3) is 0. The van der Waals surface area contributed by atoms with E-state index in [2.05, 4.69) is 28.7 Å². The second-order valence-electron chi connectivity index (χ2n) is 5.37. The van der Waals surface area contributed by atoms with Gasteiger partial charge >= 0.3 is 0 Å². The van der Waals surface area contributed by atoms with Crippen LogP contribution in [0.15, 0.2) is 60.7 Å². The van der Waals surface area contributed by atoms with Gasteiger partial charge < -0.3 is 9.47 Å². The number of ether oxygens (including phenoxy) is 2. The van der Waals surface area contributed by atoms with E-state index in [1.54, 1.807) is 42.5 Å². The molecule has 0 spiro atoms. The first-order chi connectivity index (χ1) is 13.1. The number of rotatable bonds is 4. The lowest BCUT2D eigenvalue weighted by atomic mass is 10.1. The number of nitrogens with zero attached hydrogens (tertiary/aromatic N) is 3. The third kappa shape index (κ3) is 4.36. The number of benzene rings is 3. The van der Waals surface area contributed by atoms with Gasteiger partial charge in [-0.05, 0) is 65.1 Å². The van der Waals surface area contributed by atoms with Crippen LogP contribution in [0.25, 0.3) is 0 Å². The molecule has 3 rings (SSSR count). The molecule has 27 heavy (non-hydrogen) atoms. The molecule has 6 heteroatoms. The molecule has 128 valence electrons. The van der Waals surface area contributed by atoms with Crippen molar-refractivity contribution in [2.24, 2.45) is 0 Å². The SMILES string of the molecule is N#Cc1cc(C#N)cc(Oc2cccc(Oc3cccc(I)c3C#N)c2)c1. The Morgan fingerprint density at radius 3 is 1.93 bits per heavy atom. The van der Waals surface area contributed by atoms with Gasteiger partial charge in [-0.3, -0.25) is 0 Å². The van der Waals surface area contributed by atoms with Crippen molar-refractivity contribution in [2.75, 3.05) is 0 Å². The second-order valence-corrected chi connectivity index (χ2v) is 6.54. The number of hydrogen-bond acceptors (Lipinski definition) is 5. The Hall–Kier alpha value is -3.54. The maximum absolute atomic E-state index is 9.31. The Labute approximate surface area is 169 Å². The molecule has 0 aromatic heterocycles. The number of halogens is 1. The lowest BCUT2D eigenvalue weighted by Gasteiger charge is -2.11. The zero-order chi connectivity index (χ0) is 19.2. The van der Waals surface area contributed by atoms with Gasteiger partial charge in [-0.15, -0.1) is 0 Å². The Morgan fingerprint density at radius 1 is 0.667 bits per heavy atom. The summed E-state index contributed by atoms with van der Waals surface area (Å²) in [7, 11) is 0. The predicted octanol–water partition coefficient (Wildman–Crippen LogP) is 5.49. The molecule has 0 aliphatic rings. The highest BCUT2D eigenvalue weighted by Crippen LogP contribution is 2.31. The summed E-state index contributed by atoms with van der Waals surface area (Å²) in [5.74, 6) is 1.83. The average Bonchev–Trinajstić information content (AvgIpc) is 2.68. The van der Waals surface area contributed by atoms with Crippen LogP contribution in [0.4, 0.5) is 0 Å². The summed E-state index contributed by atoms with van der Waals surface area (Å²) in [5.41, 5.74) is 1.15. The van der Waals surface area contributed by atoms with Gasteiger partial charge in [-0.2, -0.15) is 15.8 Å². The minimum Gasteiger partial charge on any atom is -0.457 e. The van der Waals surface area contributed by atoms with Crippen LogP contribution >= 0.6 is 22.6 Å². The zero-order valence-electron chi connectivity index (χ0n) is 13.8. The minimum absolute atomic E-state index is 0.342. The molecule has 0 bridgehead atoms. The molecule has 3 aromatic rings. The first-order valence-corrected chi connectivity index (χ1v) is 8.80. The van der Waals surface area contributed by atoms with Crippen molar-refractivity contribution in [2.45, 2.75) is 0 Å². The molecular weight excluding hydrogens is 453 g/mol. The third-order valence-corrected chi connectivity index (χ3v) is 4.42. The predicted molar refractivity (Wildman–Crippen MR) is 106 cm³/mol. The van der Waals surface area contributed by atoms with Crippen molar-refractivity contribution < 1.29 is 9.47 Å². The lowest BCUT2D eigenvalue weighted by molar-refractivity contribution is 0.459. The molecule has 0 heterocycles. The van der Waals surface area contributed by atoms with Crippen LogP contribution in [0.1, 0.15) is 16.7 Å². The molecule has 0 fully saturated rings. The van der Waals surface area contributed by atoms with Gasteiger partial charge in [0.1, 0.15) is 34.6 Å². The van der Waals surface area contributed by atoms with E-state index in [0.29, 0.717) is 39.7 Å². The molecule has 0 amide bonds. The molecular formula is C21H10IN3O2. The van der Waals surface area contributed by atoms with Crippen LogP contribution in [-0.4, -0.2) is 0 Å². The summed E-state index contributed by atoms with van der Waals surface area (Å²) >= 11 is 2.08. The minimum atomic E-state index is 0.342. The van der Waals surface area contributed by atoms with E-state index in [4.69, 9.17) is 20.0 Å². The normalized spacial score (nSPS) is 9.56. The van der Waals surface area contributed by atoms with Crippen molar-refractivity contribution in [3.8, 4) is 41.2 Å². The fourth-order valence-electron chi connectivity index (χ4n) is 2.35. The van der Waals surface area contributed by atoms with Crippen LogP contribution in [-0.2, 0) is 0 Å². The van der Waals surface area contributed by atoms with Crippen molar-refractivity contribution >= 4 is 22.6 Å². The van der Waals surface area contributed by atoms with Crippen LogP contribution in [0.2, 0.25) is 0 Å². The molecule has 0 radical (unpaired) electrons. The lowest BCUT2D eigenvalue weighted by Crippen LogP contribution is -1.92. The number of hydrogen-bond donors (Lipinski definition) is 0. The van der Waals surface area contributed by atoms with Gasteiger partial charge in [0.2, 0.25) is 0 Å². The molecule has 0 unspecified atom stereocenters. The first-order valence-electron chi connectivity index (χ1n) is 7.72. The molecule has 0 aliphatic carbocycles. The van der Waals surface area contributed by atoms with E-state index in [1.165, 1.54) is 6.07 Å². The standard InChI is InChI=1S/C21H10IN3O2/c22-20-5-2-6-21(19(20)13-25)27-17-4-1-3-16(10-17)26-18-8-14(11-23)7-15(9-18)12-24/h1-10H. The quantitative estimate of drug-likeness (QED) is 0.478. The van der Waals surface area contributed by atoms with E-state index in [0.717, 1.165) is 3.57 Å². The van der Waals surface area contributed by atoms with E-state index in [-0.39, 0.29) is 0 Å². The Morgan fingerprint density at radius 2 is 1.30 bits per heavy atom. The molecule has 3 aromatic carbocycles. The smallest absolute Gasteiger partial charge is 0.146 e. The largest absolute Gasteiger partial charge is 0.457 e. The molecule has 5 nitrogen and oxygen atoms in total. The van der Waals surface area contributed by atoms with E-state index in [9.17, 15) is 5.26 Å². The summed E-state index contributed by atoms with van der Waals surface area (Å²) in [6.07, 6.45) is 0. The van der Waals surface area contributed by atoms with E-state index < -0.39 is 0 Å². The van der Waals surface area contributed by atoms with Crippen LogP contribution in [0, 0.1) is 37.6 Å². The maximum Gasteiger partial charge on any atom is 0.146 e. The summed E-state index contributed by atoms with van der Waals surface area (Å²) in [6.45, 7) is 0. The van der Waals surface area contributed by atoms with E-state index >= 15 is 0 Å². The van der Waals surface area contributed by atoms with E-state index in [1.807, 2.05) is 24.3 Å². The molecule has 0 saturated carbocycles. The van der Waals surface area contributed by atoms with Gasteiger partial charge in [0, 0.05) is 9.64 Å². The van der Waals surface area contributed by atoms with Crippen molar-refractivity contribution in [1.29, 1.82) is 15.8 Å². The Bertz CT molecular complexity index is 1110. The maximum atomic E-state index is 9.31. The highest BCUT2D eigenvalue weighted by molar-refractivity contribution is 14.1. The van der Waals surface area contributed by atoms with Crippen LogP contribution in [0.3, 0.4) is 0 Å². The first kappa shape index (κ1) is 18.3. The third-order valence-electron chi connectivity index (χ3n) is 3.52. The summed E-state index contributed by atoms with van der Waals surface area (Å²) in [4.78, 5) is 0. The summed E-state index contributed by atoms with van der Waals surface area (Å²) in [6, 6.07) is 23.0. The highest BCUT2D eigenvalue weighted by atomic mass is 127. The van der Waals surface area contributed by atoms with Crippen molar-refractivity contribution in [1.82, 2.24) is 0 Å². The summed E-state index contributed by atoms with van der Waals surface area (Å²) in [5, 5.41) is 27.4. The number of nitriles is 3. The monoisotopic (exact) mass is 463 g/mol. The van der Waals surface area contributed by atoms with Crippen LogP contribution in [0.5, 0.6) is 23.0 Å². The van der Waals surface area contributed by atoms with Crippen LogP contribution < -0.4 is 9.47 Å². The molecule has 0 N–H and O–H groups in total. The van der Waals surface area contributed by atoms with Gasteiger partial charge in [-0.1, -0.05) is 12.1 Å². The Kier molecular flexibility index (Phi) is 5.56. The Balaban J connectivity index is 1.88. The van der Waals surface area contributed by atoms with Gasteiger partial charge in [0.05, 0.1) is 23.3 Å². The van der Waals surface area contributed by atoms with Gasteiger partial charge in [0.25, 0.3) is 0 Å². The van der Waals surface area contributed by atoms with Crippen molar-refractivity contribution in [3.05, 3.63) is 80.9 Å². The molecule has 0 aliphatic heterocycles. The second kappa shape index (κ2) is 8.23. The van der Waals surface area contributed by atoms with Crippen molar-refractivity contribution in [3.63, 3.8) is 0 Å².